The van der Waals surface area contributed by atoms with Gasteiger partial charge in [-0.3, -0.25) is 0 Å². The Labute approximate surface area is 78.1 Å². The molecule has 0 aliphatic rings. The molecule has 0 amide bonds. The van der Waals surface area contributed by atoms with Crippen molar-refractivity contribution >= 4 is 0 Å². The van der Waals surface area contributed by atoms with Crippen molar-refractivity contribution in [2.45, 2.75) is 13.3 Å². The Balaban J connectivity index is 2.53. The smallest absolute Gasteiger partial charge is 0.122 e. The lowest BCUT2D eigenvalue weighted by Crippen LogP contribution is -2.05. The topological polar surface area (TPSA) is 55.5 Å². The van der Waals surface area contributed by atoms with Crippen LogP contribution in [0.5, 0.6) is 11.5 Å². The molecule has 1 aromatic rings. The lowest BCUT2D eigenvalue weighted by atomic mass is 10.2. The second kappa shape index (κ2) is 4.72. The van der Waals surface area contributed by atoms with Gasteiger partial charge in [0.05, 0.1) is 6.61 Å². The molecular formula is C10H15NO2. The van der Waals surface area contributed by atoms with Crippen LogP contribution in [-0.4, -0.2) is 18.3 Å². The molecule has 1 rings (SSSR count). The van der Waals surface area contributed by atoms with Gasteiger partial charge in [0.25, 0.3) is 0 Å². The molecule has 0 atom stereocenters. The van der Waals surface area contributed by atoms with Crippen molar-refractivity contribution in [3.05, 3.63) is 23.8 Å². The molecule has 0 aromatic heterocycles. The number of rotatable bonds is 4. The fraction of sp³-hybridized carbons (Fsp3) is 0.400. The summed E-state index contributed by atoms with van der Waals surface area (Å²) in [5.41, 5.74) is 6.17. The molecule has 1 aromatic carbocycles. The van der Waals surface area contributed by atoms with Crippen LogP contribution in [0.15, 0.2) is 18.2 Å². The molecule has 3 N–H and O–H groups in total. The van der Waals surface area contributed by atoms with Crippen molar-refractivity contribution in [1.82, 2.24) is 0 Å². The first-order chi connectivity index (χ1) is 6.24. The Bertz CT molecular complexity index is 274. The van der Waals surface area contributed by atoms with Gasteiger partial charge >= 0.3 is 0 Å². The van der Waals surface area contributed by atoms with Gasteiger partial charge in [0.15, 0.2) is 0 Å². The average molecular weight is 181 g/mol. The van der Waals surface area contributed by atoms with Crippen LogP contribution in [0.3, 0.4) is 0 Å². The maximum absolute atomic E-state index is 9.35. The number of benzene rings is 1. The van der Waals surface area contributed by atoms with E-state index in [9.17, 15) is 5.11 Å². The minimum Gasteiger partial charge on any atom is -0.508 e. The summed E-state index contributed by atoms with van der Waals surface area (Å²) < 4.78 is 5.34. The van der Waals surface area contributed by atoms with E-state index >= 15 is 0 Å². The van der Waals surface area contributed by atoms with Crippen molar-refractivity contribution < 1.29 is 9.84 Å². The monoisotopic (exact) mass is 181 g/mol. The fourth-order valence-electron chi connectivity index (χ4n) is 0.952. The van der Waals surface area contributed by atoms with Gasteiger partial charge in [0.2, 0.25) is 0 Å². The molecular weight excluding hydrogens is 166 g/mol. The van der Waals surface area contributed by atoms with Crippen LogP contribution in [-0.2, 0) is 0 Å². The summed E-state index contributed by atoms with van der Waals surface area (Å²) in [5.74, 6) is 0.960. The summed E-state index contributed by atoms with van der Waals surface area (Å²) in [6.07, 6.45) is 0.828. The molecule has 0 saturated heterocycles. The number of aryl methyl sites for hydroxylation is 1. The minimum absolute atomic E-state index is 0.269. The molecule has 3 nitrogen and oxygen atoms in total. The van der Waals surface area contributed by atoms with Crippen LogP contribution in [0.4, 0.5) is 0 Å². The lowest BCUT2D eigenvalue weighted by molar-refractivity contribution is 0.311. The normalized spacial score (nSPS) is 10.0. The standard InChI is InChI=1S/C10H15NO2/c1-8-3-4-9(7-10(8)12)13-6-2-5-11/h3-4,7,12H,2,5-6,11H2,1H3. The second-order valence-corrected chi connectivity index (χ2v) is 2.94. The summed E-state index contributed by atoms with van der Waals surface area (Å²) in [5, 5.41) is 9.35. The van der Waals surface area contributed by atoms with Crippen molar-refractivity contribution in [3.63, 3.8) is 0 Å². The first-order valence-corrected chi connectivity index (χ1v) is 4.36. The van der Waals surface area contributed by atoms with Gasteiger partial charge in [-0.05, 0) is 31.5 Å². The molecule has 0 bridgehead atoms. The molecule has 13 heavy (non-hydrogen) atoms. The SMILES string of the molecule is Cc1ccc(OCCCN)cc1O. The van der Waals surface area contributed by atoms with E-state index in [-0.39, 0.29) is 5.75 Å². The van der Waals surface area contributed by atoms with Gasteiger partial charge in [-0.15, -0.1) is 0 Å². The first kappa shape index (κ1) is 9.86. The van der Waals surface area contributed by atoms with E-state index in [2.05, 4.69) is 0 Å². The van der Waals surface area contributed by atoms with Crippen LogP contribution in [0, 0.1) is 6.92 Å². The number of aromatic hydroxyl groups is 1. The molecule has 0 fully saturated rings. The van der Waals surface area contributed by atoms with Crippen LogP contribution >= 0.6 is 0 Å². The lowest BCUT2D eigenvalue weighted by Gasteiger charge is -2.06. The molecule has 0 radical (unpaired) electrons. The molecule has 3 heteroatoms. The van der Waals surface area contributed by atoms with E-state index in [1.807, 2.05) is 19.1 Å². The van der Waals surface area contributed by atoms with Gasteiger partial charge in [0, 0.05) is 6.07 Å². The highest BCUT2D eigenvalue weighted by molar-refractivity contribution is 5.38. The largest absolute Gasteiger partial charge is 0.508 e. The zero-order valence-corrected chi connectivity index (χ0v) is 7.79. The maximum Gasteiger partial charge on any atom is 0.122 e. The highest BCUT2D eigenvalue weighted by Crippen LogP contribution is 2.22. The van der Waals surface area contributed by atoms with Gasteiger partial charge in [-0.2, -0.15) is 0 Å². The zero-order valence-electron chi connectivity index (χ0n) is 7.79. The third kappa shape index (κ3) is 2.95. The summed E-state index contributed by atoms with van der Waals surface area (Å²) in [7, 11) is 0. The zero-order chi connectivity index (χ0) is 9.68. The van der Waals surface area contributed by atoms with E-state index in [0.29, 0.717) is 18.9 Å². The van der Waals surface area contributed by atoms with Crippen molar-refractivity contribution in [3.8, 4) is 11.5 Å². The van der Waals surface area contributed by atoms with Gasteiger partial charge in [0.1, 0.15) is 11.5 Å². The third-order valence-electron chi connectivity index (χ3n) is 1.80. The van der Waals surface area contributed by atoms with Crippen molar-refractivity contribution in [1.29, 1.82) is 0 Å². The van der Waals surface area contributed by atoms with E-state index in [0.717, 1.165) is 12.0 Å². The Morgan fingerprint density at radius 1 is 1.46 bits per heavy atom. The summed E-state index contributed by atoms with van der Waals surface area (Å²) in [6, 6.07) is 5.28. The van der Waals surface area contributed by atoms with Crippen molar-refractivity contribution in [2.75, 3.05) is 13.2 Å². The second-order valence-electron chi connectivity index (χ2n) is 2.94. The van der Waals surface area contributed by atoms with Crippen molar-refractivity contribution in [2.24, 2.45) is 5.73 Å². The van der Waals surface area contributed by atoms with Crippen LogP contribution < -0.4 is 10.5 Å². The summed E-state index contributed by atoms with van der Waals surface area (Å²) >= 11 is 0. The number of hydrogen-bond donors (Lipinski definition) is 2. The minimum atomic E-state index is 0.269. The van der Waals surface area contributed by atoms with E-state index in [1.54, 1.807) is 6.07 Å². The molecule has 0 unspecified atom stereocenters. The molecule has 0 heterocycles. The first-order valence-electron chi connectivity index (χ1n) is 4.36. The Kier molecular flexibility index (Phi) is 3.58. The molecule has 0 aliphatic carbocycles. The van der Waals surface area contributed by atoms with E-state index in [4.69, 9.17) is 10.5 Å². The quantitative estimate of drug-likeness (QED) is 0.691. The van der Waals surface area contributed by atoms with Crippen LogP contribution in [0.1, 0.15) is 12.0 Å². The molecule has 72 valence electrons. The number of phenols is 1. The number of ether oxygens (including phenoxy) is 1. The van der Waals surface area contributed by atoms with Gasteiger partial charge in [-0.1, -0.05) is 6.07 Å². The third-order valence-corrected chi connectivity index (χ3v) is 1.80. The summed E-state index contributed by atoms with van der Waals surface area (Å²) in [6.45, 7) is 3.07. The average Bonchev–Trinajstić information content (AvgIpc) is 2.12. The van der Waals surface area contributed by atoms with E-state index in [1.165, 1.54) is 0 Å². The Morgan fingerprint density at radius 3 is 2.85 bits per heavy atom. The predicted molar refractivity (Wildman–Crippen MR) is 52.0 cm³/mol. The van der Waals surface area contributed by atoms with Crippen LogP contribution in [0.25, 0.3) is 0 Å². The van der Waals surface area contributed by atoms with Gasteiger partial charge in [-0.25, -0.2) is 0 Å². The highest BCUT2D eigenvalue weighted by Gasteiger charge is 1.98. The number of nitrogens with two attached hydrogens (primary N) is 1. The molecule has 0 aliphatic heterocycles. The summed E-state index contributed by atoms with van der Waals surface area (Å²) in [4.78, 5) is 0. The predicted octanol–water partition coefficient (Wildman–Crippen LogP) is 1.43. The number of phenolic OH excluding ortho intramolecular Hbond substituents is 1. The van der Waals surface area contributed by atoms with E-state index < -0.39 is 0 Å². The number of hydrogen-bond acceptors (Lipinski definition) is 3. The molecule has 0 spiro atoms. The van der Waals surface area contributed by atoms with Gasteiger partial charge < -0.3 is 15.6 Å². The maximum atomic E-state index is 9.35. The Morgan fingerprint density at radius 2 is 2.23 bits per heavy atom. The Hall–Kier alpha value is -1.22. The van der Waals surface area contributed by atoms with Crippen LogP contribution in [0.2, 0.25) is 0 Å². The fourth-order valence-corrected chi connectivity index (χ4v) is 0.952. The molecule has 0 saturated carbocycles. The highest BCUT2D eigenvalue weighted by atomic mass is 16.5.